The van der Waals surface area contributed by atoms with Crippen molar-refractivity contribution in [2.24, 2.45) is 0 Å². The molecule has 5 nitrogen and oxygen atoms in total. The van der Waals surface area contributed by atoms with Gasteiger partial charge in [0, 0.05) is 20.2 Å². The van der Waals surface area contributed by atoms with Crippen LogP contribution in [-0.4, -0.2) is 37.3 Å². The number of hydrogen-bond donors (Lipinski definition) is 2. The van der Waals surface area contributed by atoms with Crippen LogP contribution in [0.2, 0.25) is 25.7 Å². The van der Waals surface area contributed by atoms with Crippen molar-refractivity contribution in [3.05, 3.63) is 29.8 Å². The summed E-state index contributed by atoms with van der Waals surface area (Å²) in [7, 11) is -1.27. The Kier molecular flexibility index (Phi) is 6.96. The number of carbonyl (C=O) groups excluding carboxylic acids is 1. The molecule has 0 aliphatic heterocycles. The smallest absolute Gasteiger partial charge is 0.335 e. The minimum absolute atomic E-state index is 0.00652. The predicted octanol–water partition coefficient (Wildman–Crippen LogP) is 3.85. The molecule has 0 spiro atoms. The number of rotatable bonds is 9. The first-order valence-electron chi connectivity index (χ1n) is 7.90. The molecule has 0 amide bonds. The molecule has 1 rings (SSSR count). The van der Waals surface area contributed by atoms with E-state index in [0.717, 1.165) is 6.04 Å². The number of anilines is 1. The molecule has 0 aliphatic carbocycles. The molecule has 2 unspecified atom stereocenters. The summed E-state index contributed by atoms with van der Waals surface area (Å²) >= 11 is 0. The lowest BCUT2D eigenvalue weighted by atomic mass is 10.2. The summed E-state index contributed by atoms with van der Waals surface area (Å²) in [5.41, 5.74) is 0.879. The van der Waals surface area contributed by atoms with Crippen molar-refractivity contribution in [3.63, 3.8) is 0 Å². The van der Waals surface area contributed by atoms with Gasteiger partial charge in [-0.05, 0) is 37.2 Å². The normalized spacial score (nSPS) is 14.1. The summed E-state index contributed by atoms with van der Waals surface area (Å²) in [6.45, 7) is 10.6. The van der Waals surface area contributed by atoms with Crippen molar-refractivity contribution in [2.75, 3.05) is 5.32 Å². The molecule has 0 saturated carbocycles. The van der Waals surface area contributed by atoms with Gasteiger partial charge in [-0.25, -0.2) is 4.79 Å². The zero-order chi connectivity index (χ0) is 17.6. The molecule has 0 saturated heterocycles. The van der Waals surface area contributed by atoms with Crippen LogP contribution < -0.4 is 5.32 Å². The maximum atomic E-state index is 12.1. The molecule has 128 valence electrons. The average Bonchev–Trinajstić information content (AvgIpc) is 2.44. The maximum absolute atomic E-state index is 12.1. The van der Waals surface area contributed by atoms with Gasteiger partial charge in [-0.15, -0.1) is 0 Å². The quantitative estimate of drug-likeness (QED) is 0.529. The minimum atomic E-state index is -1.27. The van der Waals surface area contributed by atoms with E-state index < -0.39 is 20.3 Å². The summed E-state index contributed by atoms with van der Waals surface area (Å²) in [5, 5.41) is 12.0. The molecule has 0 fully saturated rings. The van der Waals surface area contributed by atoms with Crippen LogP contribution in [0.1, 0.15) is 30.6 Å². The van der Waals surface area contributed by atoms with E-state index in [1.54, 1.807) is 19.1 Å². The van der Waals surface area contributed by atoms with Gasteiger partial charge < -0.3 is 15.2 Å². The Balaban J connectivity index is 2.78. The standard InChI is InChI=1S/C17H27NO4Si/c1-6-15(19)16(22-12(2)11-23(3,4)5)18-14-9-7-13(8-10-14)17(20)21/h7-10,12,16,18H,6,11H2,1-5H3,(H,20,21). The highest BCUT2D eigenvalue weighted by Crippen LogP contribution is 2.18. The van der Waals surface area contributed by atoms with Gasteiger partial charge in [0.05, 0.1) is 11.7 Å². The summed E-state index contributed by atoms with van der Waals surface area (Å²) in [6, 6.07) is 7.27. The van der Waals surface area contributed by atoms with Gasteiger partial charge in [0.2, 0.25) is 0 Å². The van der Waals surface area contributed by atoms with Crippen molar-refractivity contribution >= 4 is 25.5 Å². The van der Waals surface area contributed by atoms with Crippen molar-refractivity contribution in [1.29, 1.82) is 0 Å². The highest BCUT2D eigenvalue weighted by atomic mass is 28.3. The Labute approximate surface area is 139 Å². The largest absolute Gasteiger partial charge is 0.478 e. The Morgan fingerprint density at radius 2 is 1.78 bits per heavy atom. The second-order valence-electron chi connectivity index (χ2n) is 6.94. The van der Waals surface area contributed by atoms with E-state index in [1.807, 2.05) is 6.92 Å². The van der Waals surface area contributed by atoms with Gasteiger partial charge in [0.1, 0.15) is 0 Å². The first kappa shape index (κ1) is 19.4. The van der Waals surface area contributed by atoms with Crippen molar-refractivity contribution in [2.45, 2.75) is 58.3 Å². The van der Waals surface area contributed by atoms with E-state index in [0.29, 0.717) is 12.1 Å². The molecule has 1 aromatic rings. The number of benzene rings is 1. The third kappa shape index (κ3) is 6.96. The molecule has 0 aromatic heterocycles. The fourth-order valence-corrected chi connectivity index (χ4v) is 4.20. The summed E-state index contributed by atoms with van der Waals surface area (Å²) in [5.74, 6) is -0.993. The van der Waals surface area contributed by atoms with E-state index >= 15 is 0 Å². The number of nitrogens with one attached hydrogen (secondary N) is 1. The lowest BCUT2D eigenvalue weighted by Gasteiger charge is -2.27. The average molecular weight is 337 g/mol. The molecule has 0 bridgehead atoms. The highest BCUT2D eigenvalue weighted by Gasteiger charge is 2.24. The van der Waals surface area contributed by atoms with Crippen LogP contribution >= 0.6 is 0 Å². The number of hydrogen-bond acceptors (Lipinski definition) is 4. The zero-order valence-electron chi connectivity index (χ0n) is 14.6. The SMILES string of the molecule is CCC(=O)C(Nc1ccc(C(=O)O)cc1)OC(C)C[Si](C)(C)C. The van der Waals surface area contributed by atoms with Crippen molar-refractivity contribution in [3.8, 4) is 0 Å². The van der Waals surface area contributed by atoms with E-state index in [4.69, 9.17) is 9.84 Å². The highest BCUT2D eigenvalue weighted by molar-refractivity contribution is 6.76. The number of carboxylic acid groups (broad SMARTS) is 1. The Morgan fingerprint density at radius 3 is 2.22 bits per heavy atom. The van der Waals surface area contributed by atoms with Gasteiger partial charge >= 0.3 is 5.97 Å². The van der Waals surface area contributed by atoms with Crippen LogP contribution in [0.15, 0.2) is 24.3 Å². The molecule has 23 heavy (non-hydrogen) atoms. The fourth-order valence-electron chi connectivity index (χ4n) is 2.38. The zero-order valence-corrected chi connectivity index (χ0v) is 15.6. The van der Waals surface area contributed by atoms with Crippen LogP contribution in [0.3, 0.4) is 0 Å². The van der Waals surface area contributed by atoms with Crippen LogP contribution in [0.25, 0.3) is 0 Å². The molecule has 2 N–H and O–H groups in total. The van der Waals surface area contributed by atoms with E-state index in [1.165, 1.54) is 12.1 Å². The Bertz CT molecular complexity index is 537. The molecule has 6 heteroatoms. The number of ketones is 1. The molecule has 1 aromatic carbocycles. The number of aromatic carboxylic acids is 1. The summed E-state index contributed by atoms with van der Waals surface area (Å²) < 4.78 is 5.92. The predicted molar refractivity (Wildman–Crippen MR) is 94.8 cm³/mol. The molecule has 0 radical (unpaired) electrons. The molecular formula is C17H27NO4Si. The van der Waals surface area contributed by atoms with Gasteiger partial charge in [-0.2, -0.15) is 0 Å². The maximum Gasteiger partial charge on any atom is 0.335 e. The van der Waals surface area contributed by atoms with Crippen LogP contribution in [0.5, 0.6) is 0 Å². The number of ether oxygens (including phenoxy) is 1. The summed E-state index contributed by atoms with van der Waals surface area (Å²) in [4.78, 5) is 23.0. The van der Waals surface area contributed by atoms with Crippen LogP contribution in [0.4, 0.5) is 5.69 Å². The number of Topliss-reactive ketones (excluding diaryl/α,β-unsaturated/α-hetero) is 1. The lowest BCUT2D eigenvalue weighted by Crippen LogP contribution is -2.37. The third-order valence-electron chi connectivity index (χ3n) is 3.34. The van der Waals surface area contributed by atoms with Gasteiger partial charge in [-0.3, -0.25) is 4.79 Å². The first-order chi connectivity index (χ1) is 10.6. The van der Waals surface area contributed by atoms with E-state index in [2.05, 4.69) is 25.0 Å². The lowest BCUT2D eigenvalue weighted by molar-refractivity contribution is -0.130. The number of carbonyl (C=O) groups is 2. The van der Waals surface area contributed by atoms with Gasteiger partial charge in [-0.1, -0.05) is 26.6 Å². The monoisotopic (exact) mass is 337 g/mol. The van der Waals surface area contributed by atoms with Crippen molar-refractivity contribution < 1.29 is 19.4 Å². The van der Waals surface area contributed by atoms with E-state index in [-0.39, 0.29) is 17.5 Å². The van der Waals surface area contributed by atoms with E-state index in [9.17, 15) is 9.59 Å². The first-order valence-corrected chi connectivity index (χ1v) is 11.6. The Morgan fingerprint density at radius 1 is 1.22 bits per heavy atom. The fraction of sp³-hybridized carbons (Fsp3) is 0.529. The second kappa shape index (κ2) is 8.26. The third-order valence-corrected chi connectivity index (χ3v) is 5.14. The molecule has 0 aliphatic rings. The molecule has 2 atom stereocenters. The topological polar surface area (TPSA) is 75.6 Å². The van der Waals surface area contributed by atoms with Crippen LogP contribution in [-0.2, 0) is 9.53 Å². The van der Waals surface area contributed by atoms with Gasteiger partial charge in [0.25, 0.3) is 0 Å². The van der Waals surface area contributed by atoms with Crippen molar-refractivity contribution in [1.82, 2.24) is 0 Å². The molecule has 0 heterocycles. The second-order valence-corrected chi connectivity index (χ2v) is 12.5. The Hall–Kier alpha value is -1.66. The van der Waals surface area contributed by atoms with Gasteiger partial charge in [0.15, 0.2) is 12.0 Å². The molecular weight excluding hydrogens is 310 g/mol. The van der Waals surface area contributed by atoms with Crippen LogP contribution in [0, 0.1) is 0 Å². The number of carboxylic acids is 1. The minimum Gasteiger partial charge on any atom is -0.478 e. The summed E-state index contributed by atoms with van der Waals surface area (Å²) in [6.07, 6.45) is -0.333.